The highest BCUT2D eigenvalue weighted by Gasteiger charge is 2.08. The number of primary amides is 1. The van der Waals surface area contributed by atoms with E-state index in [9.17, 15) is 4.79 Å². The fraction of sp³-hybridized carbons (Fsp3) is 0.417. The molecule has 4 N–H and O–H groups in total. The van der Waals surface area contributed by atoms with Crippen molar-refractivity contribution in [3.8, 4) is 5.75 Å². The molecule has 0 saturated heterocycles. The molecule has 0 heterocycles. The first-order valence-electron chi connectivity index (χ1n) is 5.28. The van der Waals surface area contributed by atoms with Gasteiger partial charge in [0.05, 0.1) is 13.0 Å². The van der Waals surface area contributed by atoms with Crippen molar-refractivity contribution in [2.24, 2.45) is 11.5 Å². The standard InChI is InChI=1S/C12H18N2O2/c1-8-3-4-10(9(2)13)11(7-8)16-6-5-12(14)15/h3-4,7,9H,5-6,13H2,1-2H3,(H2,14,15). The van der Waals surface area contributed by atoms with Crippen LogP contribution in [0.4, 0.5) is 0 Å². The number of rotatable bonds is 5. The van der Waals surface area contributed by atoms with Gasteiger partial charge in [0.15, 0.2) is 0 Å². The van der Waals surface area contributed by atoms with Gasteiger partial charge in [-0.1, -0.05) is 12.1 Å². The maximum Gasteiger partial charge on any atom is 0.220 e. The van der Waals surface area contributed by atoms with Crippen molar-refractivity contribution in [1.82, 2.24) is 0 Å². The molecule has 0 spiro atoms. The van der Waals surface area contributed by atoms with E-state index in [-0.39, 0.29) is 18.4 Å². The average Bonchev–Trinajstić information content (AvgIpc) is 2.16. The third kappa shape index (κ3) is 3.55. The number of benzene rings is 1. The molecule has 0 radical (unpaired) electrons. The molecule has 1 rings (SSSR count). The van der Waals surface area contributed by atoms with E-state index in [0.717, 1.165) is 16.9 Å². The van der Waals surface area contributed by atoms with Gasteiger partial charge >= 0.3 is 0 Å². The van der Waals surface area contributed by atoms with E-state index in [1.165, 1.54) is 0 Å². The van der Waals surface area contributed by atoms with Gasteiger partial charge in [-0.3, -0.25) is 4.79 Å². The van der Waals surface area contributed by atoms with Gasteiger partial charge in [-0.05, 0) is 25.5 Å². The molecule has 88 valence electrons. The van der Waals surface area contributed by atoms with Gasteiger partial charge in [0.2, 0.25) is 5.91 Å². The molecule has 1 aromatic carbocycles. The van der Waals surface area contributed by atoms with Crippen LogP contribution in [0.5, 0.6) is 5.75 Å². The Bertz CT molecular complexity index is 375. The van der Waals surface area contributed by atoms with Crippen LogP contribution in [0.15, 0.2) is 18.2 Å². The summed E-state index contributed by atoms with van der Waals surface area (Å²) in [4.78, 5) is 10.6. The smallest absolute Gasteiger partial charge is 0.220 e. The minimum atomic E-state index is -0.366. The van der Waals surface area contributed by atoms with Gasteiger partial charge in [0, 0.05) is 11.6 Å². The third-order valence-corrected chi connectivity index (χ3v) is 2.27. The highest BCUT2D eigenvalue weighted by molar-refractivity contribution is 5.73. The van der Waals surface area contributed by atoms with E-state index >= 15 is 0 Å². The molecule has 0 fully saturated rings. The Labute approximate surface area is 95.6 Å². The second-order valence-electron chi connectivity index (χ2n) is 3.89. The van der Waals surface area contributed by atoms with E-state index in [1.54, 1.807) is 0 Å². The molecule has 0 bridgehead atoms. The first-order valence-corrected chi connectivity index (χ1v) is 5.28. The lowest BCUT2D eigenvalue weighted by Gasteiger charge is -2.14. The minimum Gasteiger partial charge on any atom is -0.493 e. The molecule has 0 aromatic heterocycles. The molecular formula is C12H18N2O2. The fourth-order valence-electron chi connectivity index (χ4n) is 1.40. The van der Waals surface area contributed by atoms with Crippen molar-refractivity contribution >= 4 is 5.91 Å². The maximum atomic E-state index is 10.6. The largest absolute Gasteiger partial charge is 0.493 e. The van der Waals surface area contributed by atoms with E-state index in [0.29, 0.717) is 6.61 Å². The summed E-state index contributed by atoms with van der Waals surface area (Å²) in [5.41, 5.74) is 12.9. The van der Waals surface area contributed by atoms with Crippen LogP contribution in [-0.4, -0.2) is 12.5 Å². The summed E-state index contributed by atoms with van der Waals surface area (Å²) < 4.78 is 5.51. The van der Waals surface area contributed by atoms with Gasteiger partial charge in [0.1, 0.15) is 5.75 Å². The predicted octanol–water partition coefficient (Wildman–Crippen LogP) is 1.27. The van der Waals surface area contributed by atoms with Crippen molar-refractivity contribution in [2.45, 2.75) is 26.3 Å². The van der Waals surface area contributed by atoms with Crippen molar-refractivity contribution in [3.05, 3.63) is 29.3 Å². The number of carbonyl (C=O) groups excluding carboxylic acids is 1. The lowest BCUT2D eigenvalue weighted by atomic mass is 10.1. The molecule has 4 nitrogen and oxygen atoms in total. The lowest BCUT2D eigenvalue weighted by molar-refractivity contribution is -0.118. The molecule has 1 aromatic rings. The summed E-state index contributed by atoms with van der Waals surface area (Å²) in [6.45, 7) is 4.16. The number of hydrogen-bond acceptors (Lipinski definition) is 3. The van der Waals surface area contributed by atoms with Crippen molar-refractivity contribution < 1.29 is 9.53 Å². The zero-order valence-corrected chi connectivity index (χ0v) is 9.69. The Morgan fingerprint density at radius 1 is 1.50 bits per heavy atom. The Balaban J connectivity index is 2.76. The highest BCUT2D eigenvalue weighted by Crippen LogP contribution is 2.25. The lowest BCUT2D eigenvalue weighted by Crippen LogP contribution is -2.15. The van der Waals surface area contributed by atoms with Gasteiger partial charge in [-0.2, -0.15) is 0 Å². The molecule has 1 amide bonds. The quantitative estimate of drug-likeness (QED) is 0.787. The minimum absolute atomic E-state index is 0.0934. The van der Waals surface area contributed by atoms with Crippen LogP contribution >= 0.6 is 0 Å². The van der Waals surface area contributed by atoms with E-state index in [2.05, 4.69) is 0 Å². The van der Waals surface area contributed by atoms with E-state index < -0.39 is 0 Å². The fourth-order valence-corrected chi connectivity index (χ4v) is 1.40. The summed E-state index contributed by atoms with van der Waals surface area (Å²) in [5.74, 6) is 0.367. The van der Waals surface area contributed by atoms with Gasteiger partial charge < -0.3 is 16.2 Å². The van der Waals surface area contributed by atoms with Gasteiger partial charge in [0.25, 0.3) is 0 Å². The average molecular weight is 222 g/mol. The molecule has 0 aliphatic rings. The summed E-state index contributed by atoms with van der Waals surface area (Å²) in [6.07, 6.45) is 0.215. The van der Waals surface area contributed by atoms with Crippen LogP contribution in [0.3, 0.4) is 0 Å². The van der Waals surface area contributed by atoms with Crippen molar-refractivity contribution in [2.75, 3.05) is 6.61 Å². The van der Waals surface area contributed by atoms with Crippen LogP contribution < -0.4 is 16.2 Å². The normalized spacial score (nSPS) is 12.2. The Morgan fingerprint density at radius 2 is 2.19 bits per heavy atom. The predicted molar refractivity (Wildman–Crippen MR) is 63.1 cm³/mol. The summed E-state index contributed by atoms with van der Waals surface area (Å²) in [5, 5.41) is 0. The molecule has 1 atom stereocenters. The molecule has 1 unspecified atom stereocenters. The molecule has 0 aliphatic carbocycles. The summed E-state index contributed by atoms with van der Waals surface area (Å²) in [7, 11) is 0. The monoisotopic (exact) mass is 222 g/mol. The van der Waals surface area contributed by atoms with Crippen LogP contribution in [0.2, 0.25) is 0 Å². The molecule has 0 aliphatic heterocycles. The second kappa shape index (κ2) is 5.51. The Kier molecular flexibility index (Phi) is 4.31. The number of amides is 1. The van der Waals surface area contributed by atoms with E-state index in [1.807, 2.05) is 32.0 Å². The first-order chi connectivity index (χ1) is 7.50. The second-order valence-corrected chi connectivity index (χ2v) is 3.89. The topological polar surface area (TPSA) is 78.3 Å². The summed E-state index contributed by atoms with van der Waals surface area (Å²) >= 11 is 0. The summed E-state index contributed by atoms with van der Waals surface area (Å²) in [6, 6.07) is 5.75. The van der Waals surface area contributed by atoms with Gasteiger partial charge in [-0.15, -0.1) is 0 Å². The van der Waals surface area contributed by atoms with Gasteiger partial charge in [-0.25, -0.2) is 0 Å². The SMILES string of the molecule is Cc1ccc(C(C)N)c(OCCC(N)=O)c1. The maximum absolute atomic E-state index is 10.6. The Morgan fingerprint density at radius 3 is 2.75 bits per heavy atom. The Hall–Kier alpha value is -1.55. The van der Waals surface area contributed by atoms with Crippen molar-refractivity contribution in [3.63, 3.8) is 0 Å². The first kappa shape index (κ1) is 12.5. The number of nitrogens with two attached hydrogens (primary N) is 2. The van der Waals surface area contributed by atoms with E-state index in [4.69, 9.17) is 16.2 Å². The zero-order valence-electron chi connectivity index (χ0n) is 9.69. The molecule has 0 saturated carbocycles. The van der Waals surface area contributed by atoms with Crippen LogP contribution in [0.1, 0.15) is 30.5 Å². The van der Waals surface area contributed by atoms with Crippen molar-refractivity contribution in [1.29, 1.82) is 0 Å². The van der Waals surface area contributed by atoms with Crippen LogP contribution in [0, 0.1) is 6.92 Å². The van der Waals surface area contributed by atoms with Crippen LogP contribution in [0.25, 0.3) is 0 Å². The van der Waals surface area contributed by atoms with Crippen LogP contribution in [-0.2, 0) is 4.79 Å². The number of hydrogen-bond donors (Lipinski definition) is 2. The molecular weight excluding hydrogens is 204 g/mol. The molecule has 4 heteroatoms. The molecule has 16 heavy (non-hydrogen) atoms. The number of carbonyl (C=O) groups is 1. The number of aryl methyl sites for hydroxylation is 1. The highest BCUT2D eigenvalue weighted by atomic mass is 16.5. The number of ether oxygens (including phenoxy) is 1. The zero-order chi connectivity index (χ0) is 12.1. The third-order valence-electron chi connectivity index (χ3n) is 2.27.